The van der Waals surface area contributed by atoms with Crippen LogP contribution >= 0.6 is 11.8 Å². The molecule has 0 unspecified atom stereocenters. The zero-order valence-electron chi connectivity index (χ0n) is 13.8. The first kappa shape index (κ1) is 16.9. The lowest BCUT2D eigenvalue weighted by molar-refractivity contribution is 0.157. The lowest BCUT2D eigenvalue weighted by Crippen LogP contribution is -2.48. The molecule has 2 aliphatic rings. The summed E-state index contributed by atoms with van der Waals surface area (Å²) in [5, 5.41) is 3.72. The topological polar surface area (TPSA) is 35.6 Å². The van der Waals surface area contributed by atoms with Crippen molar-refractivity contribution in [3.8, 4) is 0 Å². The number of hydrogen-bond donors (Lipinski definition) is 1. The molecule has 1 aliphatic heterocycles. The highest BCUT2D eigenvalue weighted by Gasteiger charge is 2.32. The normalized spacial score (nSPS) is 30.3. The first-order valence-electron chi connectivity index (χ1n) is 8.41. The van der Waals surface area contributed by atoms with Gasteiger partial charge in [-0.15, -0.1) is 0 Å². The molecule has 21 heavy (non-hydrogen) atoms. The molecular formula is C16H31N3OS. The van der Waals surface area contributed by atoms with E-state index in [4.69, 9.17) is 0 Å². The Morgan fingerprint density at radius 1 is 1.29 bits per heavy atom. The molecule has 0 aromatic rings. The molecule has 1 saturated heterocycles. The quantitative estimate of drug-likeness (QED) is 0.848. The highest BCUT2D eigenvalue weighted by atomic mass is 32.2. The van der Waals surface area contributed by atoms with E-state index >= 15 is 0 Å². The maximum absolute atomic E-state index is 12.3. The Balaban J connectivity index is 1.71. The van der Waals surface area contributed by atoms with Crippen molar-refractivity contribution >= 4 is 17.8 Å². The van der Waals surface area contributed by atoms with Gasteiger partial charge >= 0.3 is 6.03 Å². The predicted octanol–water partition coefficient (Wildman–Crippen LogP) is 2.79. The highest BCUT2D eigenvalue weighted by Crippen LogP contribution is 2.31. The number of amides is 2. The van der Waals surface area contributed by atoms with E-state index in [1.165, 1.54) is 38.6 Å². The third kappa shape index (κ3) is 4.52. The Morgan fingerprint density at radius 3 is 2.81 bits per heavy atom. The maximum atomic E-state index is 12.3. The van der Waals surface area contributed by atoms with Crippen molar-refractivity contribution in [2.75, 3.05) is 32.9 Å². The summed E-state index contributed by atoms with van der Waals surface area (Å²) in [6.07, 6.45) is 9.75. The number of carbonyl (C=O) groups is 1. The molecule has 1 N–H and O–H groups in total. The van der Waals surface area contributed by atoms with Crippen LogP contribution in [0, 0.1) is 0 Å². The van der Waals surface area contributed by atoms with E-state index in [1.54, 1.807) is 0 Å². The second-order valence-corrected chi connectivity index (χ2v) is 7.57. The molecule has 3 atom stereocenters. The van der Waals surface area contributed by atoms with Crippen molar-refractivity contribution in [1.29, 1.82) is 0 Å². The number of rotatable bonds is 5. The van der Waals surface area contributed by atoms with E-state index < -0.39 is 0 Å². The summed E-state index contributed by atoms with van der Waals surface area (Å²) >= 11 is 1.90. The minimum absolute atomic E-state index is 0.102. The average Bonchev–Trinajstić information content (AvgIpc) is 2.96. The van der Waals surface area contributed by atoms with Crippen LogP contribution in [-0.4, -0.2) is 66.1 Å². The summed E-state index contributed by atoms with van der Waals surface area (Å²) in [5.74, 6) is 0. The van der Waals surface area contributed by atoms with Crippen LogP contribution in [0.2, 0.25) is 0 Å². The lowest BCUT2D eigenvalue weighted by Gasteiger charge is -2.34. The Hall–Kier alpha value is -0.420. The van der Waals surface area contributed by atoms with Gasteiger partial charge in [0.2, 0.25) is 0 Å². The van der Waals surface area contributed by atoms with Crippen molar-refractivity contribution in [2.45, 2.75) is 62.8 Å². The molecule has 0 aromatic carbocycles. The van der Waals surface area contributed by atoms with Gasteiger partial charge in [-0.3, -0.25) is 4.90 Å². The van der Waals surface area contributed by atoms with Gasteiger partial charge in [0, 0.05) is 37.5 Å². The molecule has 1 heterocycles. The van der Waals surface area contributed by atoms with Gasteiger partial charge in [0.25, 0.3) is 0 Å². The molecular weight excluding hydrogens is 282 g/mol. The summed E-state index contributed by atoms with van der Waals surface area (Å²) in [5.41, 5.74) is 0. The van der Waals surface area contributed by atoms with Crippen molar-refractivity contribution in [1.82, 2.24) is 15.1 Å². The Kier molecular flexibility index (Phi) is 6.68. The van der Waals surface area contributed by atoms with Crippen LogP contribution in [0.3, 0.4) is 0 Å². The largest absolute Gasteiger partial charge is 0.337 e. The number of likely N-dealkylation sites (tertiary alicyclic amines) is 1. The number of piperidine rings is 1. The fraction of sp³-hybridized carbons (Fsp3) is 0.938. The molecule has 1 saturated carbocycles. The molecule has 1 aliphatic carbocycles. The first-order chi connectivity index (χ1) is 10.1. The van der Waals surface area contributed by atoms with Gasteiger partial charge < -0.3 is 10.2 Å². The van der Waals surface area contributed by atoms with Crippen molar-refractivity contribution in [3.63, 3.8) is 0 Å². The number of hydrogen-bond acceptors (Lipinski definition) is 3. The predicted molar refractivity (Wildman–Crippen MR) is 91.0 cm³/mol. The summed E-state index contributed by atoms with van der Waals surface area (Å²) in [4.78, 5) is 16.7. The number of thioether (sulfide) groups is 1. The molecule has 5 heteroatoms. The third-order valence-corrected chi connectivity index (χ3v) is 6.31. The minimum atomic E-state index is 0.102. The van der Waals surface area contributed by atoms with Crippen LogP contribution < -0.4 is 5.32 Å². The van der Waals surface area contributed by atoms with E-state index in [9.17, 15) is 4.79 Å². The summed E-state index contributed by atoms with van der Waals surface area (Å²) in [6, 6.07) is 1.18. The standard InChI is InChI=1S/C16H31N3OS/c1-13-7-4-5-11-19(13)12-10-17-16(20)18(2)14-8-6-9-15(14)21-3/h13-15H,4-12H2,1-3H3,(H,17,20)/t13-,14+,15-/m1/s1. The lowest BCUT2D eigenvalue weighted by atomic mass is 10.0. The van der Waals surface area contributed by atoms with Crippen LogP contribution in [0.15, 0.2) is 0 Å². The molecule has 0 radical (unpaired) electrons. The van der Waals surface area contributed by atoms with Gasteiger partial charge in [0.1, 0.15) is 0 Å². The Bertz CT molecular complexity index is 339. The van der Waals surface area contributed by atoms with E-state index in [0.29, 0.717) is 17.3 Å². The van der Waals surface area contributed by atoms with Gasteiger partial charge in [0.15, 0.2) is 0 Å². The monoisotopic (exact) mass is 313 g/mol. The maximum Gasteiger partial charge on any atom is 0.317 e. The fourth-order valence-corrected chi connectivity index (χ4v) is 4.73. The Labute approximate surface area is 134 Å². The second kappa shape index (κ2) is 8.28. The van der Waals surface area contributed by atoms with Gasteiger partial charge in [-0.2, -0.15) is 11.8 Å². The van der Waals surface area contributed by atoms with Crippen LogP contribution in [0.1, 0.15) is 45.4 Å². The molecule has 0 aromatic heterocycles. The number of nitrogens with one attached hydrogen (secondary N) is 1. The van der Waals surface area contributed by atoms with E-state index in [0.717, 1.165) is 19.5 Å². The van der Waals surface area contributed by atoms with Crippen LogP contribution in [0.5, 0.6) is 0 Å². The molecule has 0 bridgehead atoms. The van der Waals surface area contributed by atoms with E-state index in [2.05, 4.69) is 23.4 Å². The second-order valence-electron chi connectivity index (χ2n) is 6.50. The first-order valence-corrected chi connectivity index (χ1v) is 9.69. The summed E-state index contributed by atoms with van der Waals surface area (Å²) < 4.78 is 0. The van der Waals surface area contributed by atoms with Crippen molar-refractivity contribution < 1.29 is 4.79 Å². The van der Waals surface area contributed by atoms with E-state index in [-0.39, 0.29) is 6.03 Å². The van der Waals surface area contributed by atoms with Crippen molar-refractivity contribution in [3.05, 3.63) is 0 Å². The Morgan fingerprint density at radius 2 is 2.10 bits per heavy atom. The van der Waals surface area contributed by atoms with Gasteiger partial charge in [-0.25, -0.2) is 4.79 Å². The molecule has 0 spiro atoms. The zero-order chi connectivity index (χ0) is 15.2. The van der Waals surface area contributed by atoms with Crippen LogP contribution in [-0.2, 0) is 0 Å². The summed E-state index contributed by atoms with van der Waals surface area (Å²) in [7, 11) is 1.96. The minimum Gasteiger partial charge on any atom is -0.337 e. The van der Waals surface area contributed by atoms with Gasteiger partial charge in [-0.1, -0.05) is 12.8 Å². The van der Waals surface area contributed by atoms with Crippen LogP contribution in [0.4, 0.5) is 4.79 Å². The van der Waals surface area contributed by atoms with Gasteiger partial charge in [-0.05, 0) is 45.4 Å². The van der Waals surface area contributed by atoms with Crippen molar-refractivity contribution in [2.24, 2.45) is 0 Å². The smallest absolute Gasteiger partial charge is 0.317 e. The summed E-state index contributed by atoms with van der Waals surface area (Å²) in [6.45, 7) is 5.24. The molecule has 4 nitrogen and oxygen atoms in total. The molecule has 2 amide bonds. The zero-order valence-corrected chi connectivity index (χ0v) is 14.6. The highest BCUT2D eigenvalue weighted by molar-refractivity contribution is 7.99. The number of urea groups is 1. The van der Waals surface area contributed by atoms with Crippen LogP contribution in [0.25, 0.3) is 0 Å². The number of nitrogens with zero attached hydrogens (tertiary/aromatic N) is 2. The third-order valence-electron chi connectivity index (χ3n) is 5.15. The van der Waals surface area contributed by atoms with Gasteiger partial charge in [0.05, 0.1) is 0 Å². The van der Waals surface area contributed by atoms with E-state index in [1.807, 2.05) is 23.7 Å². The fourth-order valence-electron chi connectivity index (χ4n) is 3.70. The SMILES string of the molecule is CS[C@@H]1CCC[C@@H]1N(C)C(=O)NCCN1CCCC[C@H]1C. The number of carbonyl (C=O) groups excluding carboxylic acids is 1. The molecule has 122 valence electrons. The molecule has 2 rings (SSSR count). The average molecular weight is 314 g/mol. The molecule has 2 fully saturated rings.